The molecule has 0 aliphatic carbocycles. The minimum absolute atomic E-state index is 0.205. The number of halogens is 1. The third-order valence-corrected chi connectivity index (χ3v) is 5.91. The lowest BCUT2D eigenvalue weighted by Crippen LogP contribution is -3.13. The van der Waals surface area contributed by atoms with Crippen molar-refractivity contribution in [3.05, 3.63) is 74.9 Å². The molecule has 0 amide bonds. The van der Waals surface area contributed by atoms with Gasteiger partial charge in [-0.05, 0) is 61.7 Å². The molecule has 5 heteroatoms. The van der Waals surface area contributed by atoms with Crippen molar-refractivity contribution in [3.63, 3.8) is 0 Å². The average Bonchev–Trinajstić information content (AvgIpc) is 2.67. The Morgan fingerprint density at radius 2 is 1.71 bits per heavy atom. The number of benzene rings is 2. The summed E-state index contributed by atoms with van der Waals surface area (Å²) >= 11 is 0. The average molecular weight is 381 g/mol. The van der Waals surface area contributed by atoms with Crippen LogP contribution in [0.15, 0.2) is 45.6 Å². The highest BCUT2D eigenvalue weighted by Gasteiger charge is 2.22. The topological polar surface area (TPSA) is 37.9 Å². The van der Waals surface area contributed by atoms with Gasteiger partial charge in [-0.1, -0.05) is 6.07 Å². The highest BCUT2D eigenvalue weighted by Crippen LogP contribution is 2.26. The maximum atomic E-state index is 13.1. The van der Waals surface area contributed by atoms with E-state index in [1.807, 2.05) is 26.0 Å². The zero-order chi connectivity index (χ0) is 19.8. The third kappa shape index (κ3) is 3.54. The molecule has 2 heterocycles. The molecule has 1 N–H and O–H groups in total. The lowest BCUT2D eigenvalue weighted by atomic mass is 9.98. The smallest absolute Gasteiger partial charge is 0.336 e. The Bertz CT molecular complexity index is 1060. The first-order valence-electron chi connectivity index (χ1n) is 9.80. The minimum atomic E-state index is -0.278. The van der Waals surface area contributed by atoms with Crippen molar-refractivity contribution in [2.45, 2.75) is 27.3 Å². The number of nitrogens with zero attached hydrogens (tertiary/aromatic N) is 1. The number of nitrogens with one attached hydrogen (secondary N) is 1. The standard InChI is InChI=1S/C23H25FN2O2/c1-15-12-16(2)22-18(13-21(27)28-23(22)17(15)3)14-25-8-10-26(11-9-25)20-6-4-19(24)5-7-20/h4-7,12-13H,8-11,14H2,1-3H3/p+1. The van der Waals surface area contributed by atoms with Crippen LogP contribution in [0.5, 0.6) is 0 Å². The Morgan fingerprint density at radius 3 is 2.39 bits per heavy atom. The third-order valence-electron chi connectivity index (χ3n) is 5.91. The van der Waals surface area contributed by atoms with E-state index in [-0.39, 0.29) is 11.4 Å². The van der Waals surface area contributed by atoms with Crippen LogP contribution in [0, 0.1) is 26.6 Å². The van der Waals surface area contributed by atoms with E-state index >= 15 is 0 Å². The fraction of sp³-hybridized carbons (Fsp3) is 0.348. The fourth-order valence-electron chi connectivity index (χ4n) is 4.24. The van der Waals surface area contributed by atoms with Gasteiger partial charge in [0.2, 0.25) is 0 Å². The van der Waals surface area contributed by atoms with Gasteiger partial charge < -0.3 is 14.2 Å². The summed E-state index contributed by atoms with van der Waals surface area (Å²) in [7, 11) is 0. The molecule has 0 atom stereocenters. The molecule has 146 valence electrons. The Kier molecular flexibility index (Phi) is 4.94. The highest BCUT2D eigenvalue weighted by atomic mass is 19.1. The second kappa shape index (κ2) is 7.40. The minimum Gasteiger partial charge on any atom is -0.422 e. The van der Waals surface area contributed by atoms with Crippen LogP contribution in [0.1, 0.15) is 22.3 Å². The molecule has 0 saturated carbocycles. The first kappa shape index (κ1) is 18.7. The molecule has 4 rings (SSSR count). The molecule has 0 bridgehead atoms. The Labute approximate surface area is 164 Å². The summed E-state index contributed by atoms with van der Waals surface area (Å²) in [4.78, 5) is 15.9. The van der Waals surface area contributed by atoms with E-state index in [0.29, 0.717) is 0 Å². The van der Waals surface area contributed by atoms with E-state index < -0.39 is 0 Å². The van der Waals surface area contributed by atoms with Crippen LogP contribution in [0.4, 0.5) is 10.1 Å². The molecule has 28 heavy (non-hydrogen) atoms. The quantitative estimate of drug-likeness (QED) is 0.709. The monoisotopic (exact) mass is 381 g/mol. The van der Waals surface area contributed by atoms with E-state index in [4.69, 9.17) is 4.42 Å². The van der Waals surface area contributed by atoms with Crippen LogP contribution in [-0.4, -0.2) is 26.2 Å². The summed E-state index contributed by atoms with van der Waals surface area (Å²) in [5.74, 6) is -0.205. The van der Waals surface area contributed by atoms with Gasteiger partial charge in [-0.25, -0.2) is 9.18 Å². The number of fused-ring (bicyclic) bond motifs is 1. The maximum Gasteiger partial charge on any atom is 0.336 e. The largest absolute Gasteiger partial charge is 0.422 e. The number of quaternary nitrogens is 1. The van der Waals surface area contributed by atoms with E-state index in [9.17, 15) is 9.18 Å². The number of hydrogen-bond donors (Lipinski definition) is 1. The first-order valence-corrected chi connectivity index (χ1v) is 9.80. The van der Waals surface area contributed by atoms with Crippen LogP contribution in [0.3, 0.4) is 0 Å². The van der Waals surface area contributed by atoms with Crippen molar-refractivity contribution in [1.29, 1.82) is 0 Å². The molecule has 1 fully saturated rings. The summed E-state index contributed by atoms with van der Waals surface area (Å²) in [6, 6.07) is 10.5. The van der Waals surface area contributed by atoms with Gasteiger partial charge in [0.15, 0.2) is 0 Å². The van der Waals surface area contributed by atoms with Crippen LogP contribution in [-0.2, 0) is 6.54 Å². The van der Waals surface area contributed by atoms with E-state index in [0.717, 1.165) is 71.6 Å². The van der Waals surface area contributed by atoms with Gasteiger partial charge in [0.25, 0.3) is 0 Å². The van der Waals surface area contributed by atoms with Crippen LogP contribution >= 0.6 is 0 Å². The van der Waals surface area contributed by atoms with Gasteiger partial charge in [-0.3, -0.25) is 0 Å². The lowest BCUT2D eigenvalue weighted by molar-refractivity contribution is -0.914. The second-order valence-corrected chi connectivity index (χ2v) is 7.82. The van der Waals surface area contributed by atoms with Crippen LogP contribution < -0.4 is 15.4 Å². The van der Waals surface area contributed by atoms with Gasteiger partial charge >= 0.3 is 5.63 Å². The molecule has 2 aromatic carbocycles. The van der Waals surface area contributed by atoms with Gasteiger partial charge in [0.1, 0.15) is 17.9 Å². The Morgan fingerprint density at radius 1 is 1.04 bits per heavy atom. The predicted molar refractivity (Wildman–Crippen MR) is 110 cm³/mol. The summed E-state index contributed by atoms with van der Waals surface area (Å²) in [5.41, 5.74) is 5.91. The fourth-order valence-corrected chi connectivity index (χ4v) is 4.24. The maximum absolute atomic E-state index is 13.1. The highest BCUT2D eigenvalue weighted by molar-refractivity contribution is 5.87. The van der Waals surface area contributed by atoms with E-state index in [1.165, 1.54) is 17.0 Å². The molecule has 4 nitrogen and oxygen atoms in total. The lowest BCUT2D eigenvalue weighted by Gasteiger charge is -2.33. The molecule has 3 aromatic rings. The number of aryl methyl sites for hydroxylation is 3. The Balaban J connectivity index is 1.56. The van der Waals surface area contributed by atoms with Crippen molar-refractivity contribution < 1.29 is 13.7 Å². The molecule has 1 saturated heterocycles. The number of piperazine rings is 1. The normalized spacial score (nSPS) is 15.4. The van der Waals surface area contributed by atoms with Crippen LogP contribution in [0.25, 0.3) is 11.0 Å². The van der Waals surface area contributed by atoms with Crippen molar-refractivity contribution in [2.24, 2.45) is 0 Å². The summed E-state index contributed by atoms with van der Waals surface area (Å²) in [6.45, 7) is 10.7. The molecule has 0 spiro atoms. The SMILES string of the molecule is Cc1cc(C)c2c(C[NH+]3CCN(c4ccc(F)cc4)CC3)cc(=O)oc2c1C. The summed E-state index contributed by atoms with van der Waals surface area (Å²) in [5, 5.41) is 1.08. The molecular weight excluding hydrogens is 355 g/mol. The van der Waals surface area contributed by atoms with Crippen molar-refractivity contribution in [3.8, 4) is 0 Å². The van der Waals surface area contributed by atoms with Crippen LogP contribution in [0.2, 0.25) is 0 Å². The van der Waals surface area contributed by atoms with Gasteiger partial charge in [0, 0.05) is 22.7 Å². The second-order valence-electron chi connectivity index (χ2n) is 7.82. The molecule has 0 unspecified atom stereocenters. The van der Waals surface area contributed by atoms with Gasteiger partial charge in [-0.2, -0.15) is 0 Å². The van der Waals surface area contributed by atoms with Gasteiger partial charge in [-0.15, -0.1) is 0 Å². The summed E-state index contributed by atoms with van der Waals surface area (Å²) < 4.78 is 18.7. The van der Waals surface area contributed by atoms with Crippen molar-refractivity contribution in [1.82, 2.24) is 0 Å². The van der Waals surface area contributed by atoms with Gasteiger partial charge in [0.05, 0.1) is 26.2 Å². The first-order chi connectivity index (χ1) is 13.4. The van der Waals surface area contributed by atoms with Crippen molar-refractivity contribution >= 4 is 16.7 Å². The zero-order valence-electron chi connectivity index (χ0n) is 16.6. The molecule has 1 aromatic heterocycles. The number of hydrogen-bond acceptors (Lipinski definition) is 3. The molecule has 1 aliphatic heterocycles. The number of rotatable bonds is 3. The molecule has 0 radical (unpaired) electrons. The van der Waals surface area contributed by atoms with E-state index in [1.54, 1.807) is 6.07 Å². The van der Waals surface area contributed by atoms with Crippen molar-refractivity contribution in [2.75, 3.05) is 31.1 Å². The molecule has 1 aliphatic rings. The zero-order valence-corrected chi connectivity index (χ0v) is 16.6. The molecular formula is C23H26FN2O2+. The summed E-state index contributed by atoms with van der Waals surface area (Å²) in [6.07, 6.45) is 0. The van der Waals surface area contributed by atoms with E-state index in [2.05, 4.69) is 17.9 Å². The Hall–Kier alpha value is -2.66. The predicted octanol–water partition coefficient (Wildman–Crippen LogP) is 2.76. The number of anilines is 1.